The molecule has 2 atom stereocenters. The van der Waals surface area contributed by atoms with Gasteiger partial charge in [0.15, 0.2) is 0 Å². The number of benzene rings is 1. The molecule has 0 heterocycles. The Morgan fingerprint density at radius 3 is 1.80 bits per heavy atom. The Morgan fingerprint density at radius 2 is 1.24 bits per heavy atom. The van der Waals surface area contributed by atoms with Crippen molar-refractivity contribution in [2.24, 2.45) is 5.92 Å². The Balaban J connectivity index is 2.04. The standard InChI is InChI=1S/C31H48N2O8/c1-23(29(36)37)13-11-12-22-32-27(34)21-20-26(31(40)41)33-28(35)15-10-8-6-4-2-3-5-7-9-14-24-16-18-25(19-17-24)30(38)39/h16-19,23,26H,2-15,20-22H2,1H3,(H,32,34)(H,33,35)(H,36,37)(H,38,39)(H,40,41)/t23-,26-/m0/s1. The molecule has 0 bridgehead atoms. The van der Waals surface area contributed by atoms with Gasteiger partial charge in [0.1, 0.15) is 6.04 Å². The molecule has 0 saturated heterocycles. The highest BCUT2D eigenvalue weighted by Gasteiger charge is 2.20. The van der Waals surface area contributed by atoms with Crippen molar-refractivity contribution in [3.63, 3.8) is 0 Å². The van der Waals surface area contributed by atoms with Crippen molar-refractivity contribution >= 4 is 29.7 Å². The molecule has 1 rings (SSSR count). The van der Waals surface area contributed by atoms with Crippen LogP contribution in [0.2, 0.25) is 0 Å². The molecule has 0 unspecified atom stereocenters. The average molecular weight is 577 g/mol. The Hall–Kier alpha value is -3.43. The first-order valence-electron chi connectivity index (χ1n) is 14.9. The van der Waals surface area contributed by atoms with Crippen LogP contribution in [0.3, 0.4) is 0 Å². The first kappa shape index (κ1) is 35.6. The smallest absolute Gasteiger partial charge is 0.335 e. The molecule has 0 saturated carbocycles. The summed E-state index contributed by atoms with van der Waals surface area (Å²) in [5.74, 6) is -3.93. The van der Waals surface area contributed by atoms with Crippen LogP contribution < -0.4 is 10.6 Å². The predicted molar refractivity (Wildman–Crippen MR) is 156 cm³/mol. The van der Waals surface area contributed by atoms with Gasteiger partial charge in [-0.05, 0) is 56.2 Å². The SMILES string of the molecule is C[C@@H](CCCCNC(=O)CC[C@H](NC(=O)CCCCCCCCCCCc1ccc(C(=O)O)cc1)C(=O)O)C(=O)O. The van der Waals surface area contributed by atoms with Crippen LogP contribution in [0.1, 0.15) is 119 Å². The number of hydrogen-bond acceptors (Lipinski definition) is 5. The van der Waals surface area contributed by atoms with Gasteiger partial charge in [-0.3, -0.25) is 14.4 Å². The number of aryl methyl sites for hydroxylation is 1. The number of carbonyl (C=O) groups excluding carboxylic acids is 2. The largest absolute Gasteiger partial charge is 0.481 e. The van der Waals surface area contributed by atoms with Crippen LogP contribution >= 0.6 is 0 Å². The van der Waals surface area contributed by atoms with Crippen LogP contribution in [0.15, 0.2) is 24.3 Å². The van der Waals surface area contributed by atoms with Gasteiger partial charge < -0.3 is 26.0 Å². The third-order valence-corrected chi connectivity index (χ3v) is 7.17. The van der Waals surface area contributed by atoms with E-state index in [1.807, 2.05) is 12.1 Å². The molecule has 0 aromatic heterocycles. The first-order valence-corrected chi connectivity index (χ1v) is 14.9. The molecule has 0 radical (unpaired) electrons. The molecule has 10 heteroatoms. The summed E-state index contributed by atoms with van der Waals surface area (Å²) < 4.78 is 0. The summed E-state index contributed by atoms with van der Waals surface area (Å²) in [4.78, 5) is 57.4. The maximum atomic E-state index is 12.2. The molecular formula is C31H48N2O8. The molecule has 1 aromatic carbocycles. The van der Waals surface area contributed by atoms with E-state index < -0.39 is 29.9 Å². The molecule has 0 aliphatic heterocycles. The fourth-order valence-electron chi connectivity index (χ4n) is 4.48. The van der Waals surface area contributed by atoms with Crippen LogP contribution in [0.4, 0.5) is 0 Å². The summed E-state index contributed by atoms with van der Waals surface area (Å²) in [5, 5.41) is 32.4. The molecule has 1 aromatic rings. The molecular weight excluding hydrogens is 528 g/mol. The summed E-state index contributed by atoms with van der Waals surface area (Å²) in [6.07, 6.45) is 12.5. The first-order chi connectivity index (χ1) is 19.6. The van der Waals surface area contributed by atoms with E-state index in [4.69, 9.17) is 10.2 Å². The Kier molecular flexibility index (Phi) is 18.5. The van der Waals surface area contributed by atoms with Crippen LogP contribution in [-0.2, 0) is 25.6 Å². The van der Waals surface area contributed by atoms with Gasteiger partial charge in [0.05, 0.1) is 11.5 Å². The number of amides is 2. The fraction of sp³-hybridized carbons (Fsp3) is 0.645. The second kappa shape index (κ2) is 21.3. The molecule has 0 aliphatic carbocycles. The lowest BCUT2D eigenvalue weighted by atomic mass is 10.0. The van der Waals surface area contributed by atoms with Crippen molar-refractivity contribution in [1.82, 2.24) is 10.6 Å². The topological polar surface area (TPSA) is 170 Å². The Morgan fingerprint density at radius 1 is 0.659 bits per heavy atom. The molecule has 0 aliphatic rings. The molecule has 10 nitrogen and oxygen atoms in total. The van der Waals surface area contributed by atoms with Gasteiger partial charge in [0, 0.05) is 19.4 Å². The second-order valence-electron chi connectivity index (χ2n) is 10.8. The highest BCUT2D eigenvalue weighted by atomic mass is 16.4. The van der Waals surface area contributed by atoms with Gasteiger partial charge in [-0.1, -0.05) is 70.4 Å². The number of carboxylic acid groups (broad SMARTS) is 3. The van der Waals surface area contributed by atoms with Gasteiger partial charge in [-0.2, -0.15) is 0 Å². The highest BCUT2D eigenvalue weighted by molar-refractivity contribution is 5.87. The minimum absolute atomic E-state index is 0.0112. The molecule has 0 fully saturated rings. The van der Waals surface area contributed by atoms with E-state index in [2.05, 4.69) is 10.6 Å². The van der Waals surface area contributed by atoms with E-state index in [1.54, 1.807) is 19.1 Å². The summed E-state index contributed by atoms with van der Waals surface area (Å²) in [6.45, 7) is 2.05. The zero-order valence-electron chi connectivity index (χ0n) is 24.4. The van der Waals surface area contributed by atoms with Gasteiger partial charge >= 0.3 is 17.9 Å². The number of nitrogens with one attached hydrogen (secondary N) is 2. The maximum absolute atomic E-state index is 12.2. The predicted octanol–water partition coefficient (Wildman–Crippen LogP) is 5.19. The molecule has 2 amide bonds. The zero-order valence-corrected chi connectivity index (χ0v) is 24.4. The summed E-state index contributed by atoms with van der Waals surface area (Å²) in [5.41, 5.74) is 1.47. The average Bonchev–Trinajstić information content (AvgIpc) is 2.93. The van der Waals surface area contributed by atoms with Crippen LogP contribution in [0.25, 0.3) is 0 Å². The van der Waals surface area contributed by atoms with E-state index in [0.29, 0.717) is 37.8 Å². The Labute approximate surface area is 243 Å². The van der Waals surface area contributed by atoms with Crippen molar-refractivity contribution in [3.8, 4) is 0 Å². The minimum atomic E-state index is -1.16. The lowest BCUT2D eigenvalue weighted by molar-refractivity contribution is -0.142. The van der Waals surface area contributed by atoms with Crippen LogP contribution in [0, 0.1) is 5.92 Å². The normalized spacial score (nSPS) is 12.3. The van der Waals surface area contributed by atoms with Crippen molar-refractivity contribution in [3.05, 3.63) is 35.4 Å². The van der Waals surface area contributed by atoms with Crippen LogP contribution in [-0.4, -0.2) is 57.6 Å². The van der Waals surface area contributed by atoms with Crippen molar-refractivity contribution in [2.45, 2.75) is 116 Å². The number of carboxylic acids is 3. The summed E-state index contributed by atoms with van der Waals surface area (Å²) >= 11 is 0. The zero-order chi connectivity index (χ0) is 30.5. The number of unbranched alkanes of at least 4 members (excludes halogenated alkanes) is 9. The van der Waals surface area contributed by atoms with Gasteiger partial charge in [-0.25, -0.2) is 9.59 Å². The van der Waals surface area contributed by atoms with E-state index in [-0.39, 0.29) is 31.1 Å². The summed E-state index contributed by atoms with van der Waals surface area (Å²) in [6, 6.07) is 5.95. The third-order valence-electron chi connectivity index (χ3n) is 7.17. The van der Waals surface area contributed by atoms with Crippen molar-refractivity contribution in [1.29, 1.82) is 0 Å². The molecule has 230 valence electrons. The van der Waals surface area contributed by atoms with Gasteiger partial charge in [0.2, 0.25) is 11.8 Å². The van der Waals surface area contributed by atoms with E-state index >= 15 is 0 Å². The number of aromatic carboxylic acids is 1. The number of rotatable bonds is 24. The fourth-order valence-corrected chi connectivity index (χ4v) is 4.48. The number of aliphatic carboxylic acids is 2. The van der Waals surface area contributed by atoms with E-state index in [0.717, 1.165) is 63.4 Å². The van der Waals surface area contributed by atoms with Gasteiger partial charge in [-0.15, -0.1) is 0 Å². The lowest BCUT2D eigenvalue weighted by Gasteiger charge is -2.14. The number of carbonyl (C=O) groups is 5. The number of hydrogen-bond donors (Lipinski definition) is 5. The maximum Gasteiger partial charge on any atom is 0.335 e. The highest BCUT2D eigenvalue weighted by Crippen LogP contribution is 2.13. The molecule has 5 N–H and O–H groups in total. The van der Waals surface area contributed by atoms with E-state index in [1.165, 1.54) is 0 Å². The monoisotopic (exact) mass is 576 g/mol. The Bertz CT molecular complexity index is 948. The van der Waals surface area contributed by atoms with Crippen molar-refractivity contribution < 1.29 is 39.3 Å². The molecule has 0 spiro atoms. The van der Waals surface area contributed by atoms with E-state index in [9.17, 15) is 29.1 Å². The third kappa shape index (κ3) is 17.8. The molecule has 41 heavy (non-hydrogen) atoms. The minimum Gasteiger partial charge on any atom is -0.481 e. The van der Waals surface area contributed by atoms with Crippen LogP contribution in [0.5, 0.6) is 0 Å². The summed E-state index contributed by atoms with van der Waals surface area (Å²) in [7, 11) is 0. The quantitative estimate of drug-likeness (QED) is 0.105. The second-order valence-corrected chi connectivity index (χ2v) is 10.8. The van der Waals surface area contributed by atoms with Crippen molar-refractivity contribution in [2.75, 3.05) is 6.54 Å². The van der Waals surface area contributed by atoms with Gasteiger partial charge in [0.25, 0.3) is 0 Å². The lowest BCUT2D eigenvalue weighted by Crippen LogP contribution is -2.41.